The Labute approximate surface area is 157 Å². The van der Waals surface area contributed by atoms with Crippen LogP contribution >= 0.6 is 0 Å². The number of hydrogen-bond acceptors (Lipinski definition) is 3. The lowest BCUT2D eigenvalue weighted by Gasteiger charge is -2.49. The van der Waals surface area contributed by atoms with Crippen molar-refractivity contribution in [3.05, 3.63) is 0 Å². The van der Waals surface area contributed by atoms with Crippen LogP contribution in [0, 0.1) is 17.3 Å². The van der Waals surface area contributed by atoms with Crippen molar-refractivity contribution in [3.8, 4) is 0 Å². The molecular weight excluding hydrogens is 306 g/mol. The lowest BCUT2D eigenvalue weighted by atomic mass is 9.75. The van der Waals surface area contributed by atoms with E-state index in [0.29, 0.717) is 11.0 Å². The number of rotatable bonds is 3. The Balaban J connectivity index is 1.35. The highest BCUT2D eigenvalue weighted by atomic mass is 15.2. The second kappa shape index (κ2) is 7.48. The van der Waals surface area contributed by atoms with Crippen molar-refractivity contribution >= 4 is 0 Å². The summed E-state index contributed by atoms with van der Waals surface area (Å²) in [5.74, 6) is 1.87. The highest BCUT2D eigenvalue weighted by Crippen LogP contribution is 2.35. The molecule has 3 heterocycles. The van der Waals surface area contributed by atoms with Crippen molar-refractivity contribution in [3.63, 3.8) is 0 Å². The largest absolute Gasteiger partial charge is 0.302 e. The summed E-state index contributed by atoms with van der Waals surface area (Å²) in [4.78, 5) is 8.22. The third-order valence-corrected chi connectivity index (χ3v) is 7.28. The normalized spacial score (nSPS) is 27.6. The second-order valence-electron chi connectivity index (χ2n) is 11.1. The zero-order chi connectivity index (χ0) is 18.2. The van der Waals surface area contributed by atoms with Crippen LogP contribution in [0.4, 0.5) is 0 Å². The number of nitrogens with zero attached hydrogens (tertiary/aromatic N) is 3. The fourth-order valence-corrected chi connectivity index (χ4v) is 5.03. The Kier molecular flexibility index (Phi) is 5.88. The van der Waals surface area contributed by atoms with Crippen molar-refractivity contribution in [2.75, 3.05) is 45.8 Å². The van der Waals surface area contributed by atoms with Gasteiger partial charge in [0.2, 0.25) is 0 Å². The summed E-state index contributed by atoms with van der Waals surface area (Å²) in [7, 11) is 0. The summed E-state index contributed by atoms with van der Waals surface area (Å²) in [5, 5.41) is 0. The number of likely N-dealkylation sites (tertiary alicyclic amines) is 3. The van der Waals surface area contributed by atoms with Gasteiger partial charge >= 0.3 is 0 Å². The smallest absolute Gasteiger partial charge is 0.0125 e. The molecule has 0 unspecified atom stereocenters. The first-order valence-corrected chi connectivity index (χ1v) is 10.8. The van der Waals surface area contributed by atoms with Crippen molar-refractivity contribution < 1.29 is 0 Å². The average Bonchev–Trinajstić information content (AvgIpc) is 2.49. The summed E-state index contributed by atoms with van der Waals surface area (Å²) < 4.78 is 0. The molecule has 0 aliphatic carbocycles. The van der Waals surface area contributed by atoms with Crippen LogP contribution in [0.25, 0.3) is 0 Å². The van der Waals surface area contributed by atoms with E-state index in [2.05, 4.69) is 56.2 Å². The molecule has 0 aromatic carbocycles. The summed E-state index contributed by atoms with van der Waals surface area (Å²) in [6.07, 6.45) is 5.61. The van der Waals surface area contributed by atoms with E-state index < -0.39 is 0 Å². The molecule has 3 aliphatic rings. The molecule has 3 rings (SSSR count). The van der Waals surface area contributed by atoms with Crippen LogP contribution in [-0.2, 0) is 0 Å². The molecule has 25 heavy (non-hydrogen) atoms. The van der Waals surface area contributed by atoms with Crippen LogP contribution < -0.4 is 0 Å². The molecule has 0 N–H and O–H groups in total. The molecule has 3 fully saturated rings. The second-order valence-corrected chi connectivity index (χ2v) is 11.1. The molecule has 0 atom stereocenters. The molecule has 3 saturated heterocycles. The summed E-state index contributed by atoms with van der Waals surface area (Å²) in [6, 6.07) is 0.855. The van der Waals surface area contributed by atoms with Gasteiger partial charge in [0.15, 0.2) is 0 Å². The van der Waals surface area contributed by atoms with E-state index in [4.69, 9.17) is 0 Å². The monoisotopic (exact) mass is 349 g/mol. The lowest BCUT2D eigenvalue weighted by Crippen LogP contribution is -2.55. The first-order chi connectivity index (χ1) is 11.6. The van der Waals surface area contributed by atoms with Crippen LogP contribution in [0.3, 0.4) is 0 Å². The van der Waals surface area contributed by atoms with Crippen LogP contribution in [-0.4, -0.2) is 72.1 Å². The molecule has 0 aromatic rings. The first-order valence-electron chi connectivity index (χ1n) is 10.8. The topological polar surface area (TPSA) is 9.72 Å². The van der Waals surface area contributed by atoms with Gasteiger partial charge in [0.25, 0.3) is 0 Å². The van der Waals surface area contributed by atoms with Gasteiger partial charge in [-0.3, -0.25) is 4.90 Å². The van der Waals surface area contributed by atoms with Gasteiger partial charge < -0.3 is 9.80 Å². The maximum absolute atomic E-state index is 2.82. The van der Waals surface area contributed by atoms with Gasteiger partial charge in [-0.1, -0.05) is 20.8 Å². The zero-order valence-electron chi connectivity index (χ0n) is 17.9. The highest BCUT2D eigenvalue weighted by Gasteiger charge is 2.37. The molecule has 0 radical (unpaired) electrons. The first kappa shape index (κ1) is 19.6. The maximum Gasteiger partial charge on any atom is 0.0125 e. The molecule has 0 amide bonds. The highest BCUT2D eigenvalue weighted by molar-refractivity contribution is 4.91. The number of piperidine rings is 2. The summed E-state index contributed by atoms with van der Waals surface area (Å²) in [5.41, 5.74) is 0.849. The van der Waals surface area contributed by atoms with Crippen LogP contribution in [0.2, 0.25) is 0 Å². The van der Waals surface area contributed by atoms with Crippen LogP contribution in [0.1, 0.15) is 67.2 Å². The molecule has 0 aromatic heterocycles. The Morgan fingerprint density at radius 3 is 1.80 bits per heavy atom. The van der Waals surface area contributed by atoms with Crippen LogP contribution in [0.5, 0.6) is 0 Å². The minimum absolute atomic E-state index is 0.347. The Hall–Kier alpha value is -0.120. The molecular formula is C22H43N3. The molecule has 0 saturated carbocycles. The van der Waals surface area contributed by atoms with Crippen molar-refractivity contribution in [2.45, 2.75) is 78.8 Å². The van der Waals surface area contributed by atoms with Gasteiger partial charge in [-0.05, 0) is 76.8 Å². The van der Waals surface area contributed by atoms with Gasteiger partial charge in [0.05, 0.1) is 0 Å². The van der Waals surface area contributed by atoms with E-state index in [1.54, 1.807) is 0 Å². The Morgan fingerprint density at radius 2 is 1.32 bits per heavy atom. The molecule has 3 nitrogen and oxygen atoms in total. The maximum atomic E-state index is 2.82. The van der Waals surface area contributed by atoms with E-state index in [1.807, 2.05) is 0 Å². The minimum atomic E-state index is 0.347. The fourth-order valence-electron chi connectivity index (χ4n) is 5.03. The quantitative estimate of drug-likeness (QED) is 0.764. The van der Waals surface area contributed by atoms with Gasteiger partial charge in [-0.25, -0.2) is 0 Å². The van der Waals surface area contributed by atoms with Gasteiger partial charge in [0, 0.05) is 44.3 Å². The Bertz CT molecular complexity index is 412. The molecule has 0 bridgehead atoms. The van der Waals surface area contributed by atoms with Crippen molar-refractivity contribution in [1.82, 2.24) is 14.7 Å². The van der Waals surface area contributed by atoms with Crippen LogP contribution in [0.15, 0.2) is 0 Å². The van der Waals surface area contributed by atoms with E-state index in [0.717, 1.165) is 17.9 Å². The molecule has 3 heteroatoms. The third kappa shape index (κ3) is 4.99. The SMILES string of the molecule is CC(C)(C)C1CN(CC2CCN(C3CCN(C(C)(C)C)CC3)CC2)C1. The van der Waals surface area contributed by atoms with Crippen molar-refractivity contribution in [2.24, 2.45) is 17.3 Å². The molecule has 3 aliphatic heterocycles. The molecule has 0 spiro atoms. The average molecular weight is 350 g/mol. The standard InChI is InChI=1S/C22H43N3/c1-21(2,3)19-16-23(17-19)15-18-7-11-24(12-8-18)20-9-13-25(14-10-20)22(4,5)6/h18-20H,7-17H2,1-6H3. The minimum Gasteiger partial charge on any atom is -0.302 e. The van der Waals surface area contributed by atoms with E-state index in [-0.39, 0.29) is 0 Å². The lowest BCUT2D eigenvalue weighted by molar-refractivity contribution is -0.00167. The predicted molar refractivity (Wildman–Crippen MR) is 108 cm³/mol. The van der Waals surface area contributed by atoms with Gasteiger partial charge in [-0.15, -0.1) is 0 Å². The van der Waals surface area contributed by atoms with E-state index in [9.17, 15) is 0 Å². The predicted octanol–water partition coefficient (Wildman–Crippen LogP) is 3.94. The van der Waals surface area contributed by atoms with E-state index >= 15 is 0 Å². The van der Waals surface area contributed by atoms with Crippen molar-refractivity contribution in [1.29, 1.82) is 0 Å². The Morgan fingerprint density at radius 1 is 0.760 bits per heavy atom. The zero-order valence-corrected chi connectivity index (χ0v) is 17.9. The molecule has 146 valence electrons. The third-order valence-electron chi connectivity index (χ3n) is 7.28. The van der Waals surface area contributed by atoms with E-state index in [1.165, 1.54) is 71.5 Å². The summed E-state index contributed by atoms with van der Waals surface area (Å²) in [6.45, 7) is 23.6. The van der Waals surface area contributed by atoms with Gasteiger partial charge in [-0.2, -0.15) is 0 Å². The van der Waals surface area contributed by atoms with Gasteiger partial charge in [0.1, 0.15) is 0 Å². The fraction of sp³-hybridized carbons (Fsp3) is 1.00. The summed E-state index contributed by atoms with van der Waals surface area (Å²) >= 11 is 0. The number of hydrogen-bond donors (Lipinski definition) is 0.